The minimum atomic E-state index is -0.308. The van der Waals surface area contributed by atoms with Crippen LogP contribution < -0.4 is 5.32 Å². The van der Waals surface area contributed by atoms with E-state index >= 15 is 0 Å². The Morgan fingerprint density at radius 2 is 2.46 bits per heavy atom. The third kappa shape index (κ3) is 1.55. The van der Waals surface area contributed by atoms with E-state index in [0.29, 0.717) is 13.1 Å². The molecular formula is C9H15FN2O. The van der Waals surface area contributed by atoms with Crippen LogP contribution in [-0.2, 0) is 4.79 Å². The molecule has 0 spiro atoms. The van der Waals surface area contributed by atoms with Gasteiger partial charge in [-0.25, -0.2) is 4.39 Å². The van der Waals surface area contributed by atoms with Crippen LogP contribution in [0.25, 0.3) is 0 Å². The zero-order chi connectivity index (χ0) is 9.26. The second-order valence-corrected chi connectivity index (χ2v) is 3.79. The largest absolute Gasteiger partial charge is 0.354 e. The fourth-order valence-electron chi connectivity index (χ4n) is 2.43. The van der Waals surface area contributed by atoms with Crippen molar-refractivity contribution in [2.75, 3.05) is 26.3 Å². The second-order valence-electron chi connectivity index (χ2n) is 3.79. The maximum Gasteiger partial charge on any atom is 0.224 e. The van der Waals surface area contributed by atoms with E-state index in [-0.39, 0.29) is 24.5 Å². The predicted octanol–water partition coefficient (Wildman–Crippen LogP) is 0.166. The van der Waals surface area contributed by atoms with E-state index in [4.69, 9.17) is 0 Å². The summed E-state index contributed by atoms with van der Waals surface area (Å²) in [7, 11) is 0. The molecular weight excluding hydrogens is 171 g/mol. The quantitative estimate of drug-likeness (QED) is 0.666. The van der Waals surface area contributed by atoms with Gasteiger partial charge in [-0.2, -0.15) is 0 Å². The molecule has 0 saturated carbocycles. The van der Waals surface area contributed by atoms with Crippen LogP contribution in [0.4, 0.5) is 4.39 Å². The van der Waals surface area contributed by atoms with Crippen molar-refractivity contribution in [3.05, 3.63) is 0 Å². The molecule has 2 aliphatic rings. The Labute approximate surface area is 77.3 Å². The minimum Gasteiger partial charge on any atom is -0.354 e. The highest BCUT2D eigenvalue weighted by atomic mass is 19.1. The van der Waals surface area contributed by atoms with Gasteiger partial charge in [-0.15, -0.1) is 0 Å². The molecule has 1 amide bonds. The summed E-state index contributed by atoms with van der Waals surface area (Å²) in [6.45, 7) is 1.83. The van der Waals surface area contributed by atoms with Crippen LogP contribution in [0, 0.1) is 5.92 Å². The highest BCUT2D eigenvalue weighted by molar-refractivity contribution is 5.82. The van der Waals surface area contributed by atoms with Gasteiger partial charge in [-0.1, -0.05) is 0 Å². The highest BCUT2D eigenvalue weighted by Crippen LogP contribution is 2.26. The van der Waals surface area contributed by atoms with E-state index in [9.17, 15) is 9.18 Å². The molecule has 74 valence electrons. The summed E-state index contributed by atoms with van der Waals surface area (Å²) >= 11 is 0. The first kappa shape index (κ1) is 8.94. The van der Waals surface area contributed by atoms with Crippen molar-refractivity contribution in [2.45, 2.75) is 18.9 Å². The monoisotopic (exact) mass is 186 g/mol. The zero-order valence-corrected chi connectivity index (χ0v) is 7.63. The van der Waals surface area contributed by atoms with Crippen molar-refractivity contribution in [3.8, 4) is 0 Å². The van der Waals surface area contributed by atoms with Gasteiger partial charge in [0, 0.05) is 19.1 Å². The molecule has 0 radical (unpaired) electrons. The summed E-state index contributed by atoms with van der Waals surface area (Å²) in [6, 6.07) is 0.261. The van der Waals surface area contributed by atoms with Crippen molar-refractivity contribution in [3.63, 3.8) is 0 Å². The zero-order valence-electron chi connectivity index (χ0n) is 7.63. The van der Waals surface area contributed by atoms with Crippen molar-refractivity contribution >= 4 is 5.91 Å². The molecule has 4 heteroatoms. The Kier molecular flexibility index (Phi) is 2.49. The van der Waals surface area contributed by atoms with Gasteiger partial charge in [-0.05, 0) is 19.4 Å². The van der Waals surface area contributed by atoms with E-state index in [1.807, 2.05) is 0 Å². The number of amides is 1. The predicted molar refractivity (Wildman–Crippen MR) is 47.1 cm³/mol. The molecule has 2 rings (SSSR count). The fraction of sp³-hybridized carbons (Fsp3) is 0.889. The number of halogens is 1. The molecule has 0 aliphatic carbocycles. The Balaban J connectivity index is 2.02. The molecule has 3 nitrogen and oxygen atoms in total. The second kappa shape index (κ2) is 3.62. The minimum absolute atomic E-state index is 0.125. The summed E-state index contributed by atoms with van der Waals surface area (Å²) in [6.07, 6.45) is 1.99. The number of carbonyl (C=O) groups excluding carboxylic acids is 1. The summed E-state index contributed by atoms with van der Waals surface area (Å²) in [5.74, 6) is 0.286. The van der Waals surface area contributed by atoms with Crippen molar-refractivity contribution in [1.29, 1.82) is 0 Å². The molecule has 2 heterocycles. The Morgan fingerprint density at radius 1 is 1.62 bits per heavy atom. The van der Waals surface area contributed by atoms with Crippen molar-refractivity contribution < 1.29 is 9.18 Å². The van der Waals surface area contributed by atoms with Crippen LogP contribution in [0.2, 0.25) is 0 Å². The van der Waals surface area contributed by atoms with E-state index in [2.05, 4.69) is 10.2 Å². The van der Waals surface area contributed by atoms with Gasteiger partial charge in [0.2, 0.25) is 5.91 Å². The molecule has 2 aliphatic heterocycles. The smallest absolute Gasteiger partial charge is 0.224 e. The van der Waals surface area contributed by atoms with Gasteiger partial charge >= 0.3 is 0 Å². The van der Waals surface area contributed by atoms with Gasteiger partial charge in [0.25, 0.3) is 0 Å². The SMILES string of the molecule is O=C1NC[C@@H]2[C@H]1CCCN2CCF. The average molecular weight is 186 g/mol. The van der Waals surface area contributed by atoms with E-state index in [1.54, 1.807) is 0 Å². The number of piperidine rings is 1. The van der Waals surface area contributed by atoms with Gasteiger partial charge in [0.05, 0.1) is 5.92 Å². The summed E-state index contributed by atoms with van der Waals surface area (Å²) in [5.41, 5.74) is 0. The van der Waals surface area contributed by atoms with Gasteiger partial charge < -0.3 is 5.32 Å². The fourth-order valence-corrected chi connectivity index (χ4v) is 2.43. The van der Waals surface area contributed by atoms with Crippen LogP contribution in [-0.4, -0.2) is 43.2 Å². The standard InChI is InChI=1S/C9H15FN2O/c10-3-5-12-4-1-2-7-8(12)6-11-9(7)13/h7-8H,1-6H2,(H,11,13)/t7-,8-/m1/s1. The third-order valence-corrected chi connectivity index (χ3v) is 3.09. The highest BCUT2D eigenvalue weighted by Gasteiger charge is 2.40. The van der Waals surface area contributed by atoms with Crippen LogP contribution in [0.5, 0.6) is 0 Å². The summed E-state index contributed by atoms with van der Waals surface area (Å²) < 4.78 is 12.2. The molecule has 0 aromatic rings. The topological polar surface area (TPSA) is 32.3 Å². The lowest BCUT2D eigenvalue weighted by Gasteiger charge is -2.35. The number of nitrogens with one attached hydrogen (secondary N) is 1. The summed E-state index contributed by atoms with van der Waals surface area (Å²) in [4.78, 5) is 13.4. The van der Waals surface area contributed by atoms with Gasteiger partial charge in [0.15, 0.2) is 0 Å². The number of fused-ring (bicyclic) bond motifs is 1. The van der Waals surface area contributed by atoms with Gasteiger partial charge in [0.1, 0.15) is 6.67 Å². The van der Waals surface area contributed by atoms with Crippen LogP contribution in [0.15, 0.2) is 0 Å². The molecule has 0 aromatic carbocycles. The van der Waals surface area contributed by atoms with Crippen molar-refractivity contribution in [2.24, 2.45) is 5.92 Å². The Hall–Kier alpha value is -0.640. The number of likely N-dealkylation sites (tertiary alicyclic amines) is 1. The van der Waals surface area contributed by atoms with Gasteiger partial charge in [-0.3, -0.25) is 9.69 Å². The number of hydrogen-bond donors (Lipinski definition) is 1. The first-order valence-electron chi connectivity index (χ1n) is 4.90. The molecule has 0 unspecified atom stereocenters. The van der Waals surface area contributed by atoms with Crippen LogP contribution in [0.3, 0.4) is 0 Å². The average Bonchev–Trinajstić information content (AvgIpc) is 2.50. The number of nitrogens with zero attached hydrogens (tertiary/aromatic N) is 1. The number of hydrogen-bond acceptors (Lipinski definition) is 2. The molecule has 2 atom stereocenters. The molecule has 13 heavy (non-hydrogen) atoms. The number of rotatable bonds is 2. The lowest BCUT2D eigenvalue weighted by Crippen LogP contribution is -2.46. The summed E-state index contributed by atoms with van der Waals surface area (Å²) in [5, 5.41) is 2.85. The molecule has 0 aromatic heterocycles. The first-order chi connectivity index (χ1) is 6.33. The van der Waals surface area contributed by atoms with Crippen LogP contribution in [0.1, 0.15) is 12.8 Å². The molecule has 2 fully saturated rings. The Bertz CT molecular complexity index is 208. The molecule has 1 N–H and O–H groups in total. The lowest BCUT2D eigenvalue weighted by atomic mass is 9.91. The Morgan fingerprint density at radius 3 is 3.23 bits per heavy atom. The van der Waals surface area contributed by atoms with Crippen LogP contribution >= 0.6 is 0 Å². The number of alkyl halides is 1. The lowest BCUT2D eigenvalue weighted by molar-refractivity contribution is -0.124. The maximum atomic E-state index is 12.2. The molecule has 2 saturated heterocycles. The molecule has 0 bridgehead atoms. The third-order valence-electron chi connectivity index (χ3n) is 3.09. The van der Waals surface area contributed by atoms with E-state index in [0.717, 1.165) is 19.4 Å². The normalized spacial score (nSPS) is 34.4. The van der Waals surface area contributed by atoms with E-state index < -0.39 is 0 Å². The maximum absolute atomic E-state index is 12.2. The van der Waals surface area contributed by atoms with Crippen molar-refractivity contribution in [1.82, 2.24) is 10.2 Å². The first-order valence-corrected chi connectivity index (χ1v) is 4.90. The van der Waals surface area contributed by atoms with E-state index in [1.165, 1.54) is 0 Å². The number of carbonyl (C=O) groups is 1.